The van der Waals surface area contributed by atoms with E-state index in [4.69, 9.17) is 4.84 Å². The van der Waals surface area contributed by atoms with Crippen molar-refractivity contribution >= 4 is 17.4 Å². The molecular weight excluding hydrogens is 309 g/mol. The number of carbonyl (C=O) groups is 1. The van der Waals surface area contributed by atoms with Crippen LogP contribution in [-0.4, -0.2) is 36.3 Å². The molecule has 3 rings (SSSR count). The first-order chi connectivity index (χ1) is 11.6. The molecule has 0 saturated carbocycles. The predicted molar refractivity (Wildman–Crippen MR) is 90.5 cm³/mol. The lowest BCUT2D eigenvalue weighted by Gasteiger charge is -2.20. The van der Waals surface area contributed by atoms with Crippen molar-refractivity contribution in [2.75, 3.05) is 18.9 Å². The third-order valence-corrected chi connectivity index (χ3v) is 3.74. The van der Waals surface area contributed by atoms with Crippen molar-refractivity contribution in [3.05, 3.63) is 66.0 Å². The summed E-state index contributed by atoms with van der Waals surface area (Å²) in [5.74, 6) is -0.393. The zero-order valence-corrected chi connectivity index (χ0v) is 13.3. The molecule has 1 aliphatic heterocycles. The number of benzene rings is 2. The zero-order chi connectivity index (χ0) is 16.9. The second-order valence-corrected chi connectivity index (χ2v) is 5.66. The number of halogens is 1. The summed E-state index contributed by atoms with van der Waals surface area (Å²) in [6.45, 7) is 0.390. The number of carbonyl (C=O) groups excluding carboxylic acids is 1. The molecule has 0 aliphatic carbocycles. The van der Waals surface area contributed by atoms with Crippen LogP contribution >= 0.6 is 0 Å². The van der Waals surface area contributed by atoms with E-state index in [0.717, 1.165) is 11.3 Å². The molecule has 5 nitrogen and oxygen atoms in total. The van der Waals surface area contributed by atoms with E-state index in [0.29, 0.717) is 18.7 Å². The average Bonchev–Trinajstić information content (AvgIpc) is 3.04. The van der Waals surface area contributed by atoms with E-state index >= 15 is 0 Å². The Morgan fingerprint density at radius 3 is 2.83 bits per heavy atom. The number of anilines is 1. The van der Waals surface area contributed by atoms with Crippen LogP contribution in [0.2, 0.25) is 0 Å². The van der Waals surface area contributed by atoms with E-state index in [1.54, 1.807) is 19.2 Å². The molecule has 1 atom stereocenters. The summed E-state index contributed by atoms with van der Waals surface area (Å²) in [4.78, 5) is 19.1. The van der Waals surface area contributed by atoms with Crippen LogP contribution in [0.15, 0.2) is 59.8 Å². The highest BCUT2D eigenvalue weighted by molar-refractivity contribution is 6.01. The minimum Gasteiger partial charge on any atom is -0.390 e. The summed E-state index contributed by atoms with van der Waals surface area (Å²) in [7, 11) is 1.67. The molecule has 6 heteroatoms. The summed E-state index contributed by atoms with van der Waals surface area (Å²) in [6.07, 6.45) is 0.449. The topological polar surface area (TPSA) is 53.9 Å². The number of nitrogens with zero attached hydrogens (tertiary/aromatic N) is 2. The molecule has 24 heavy (non-hydrogen) atoms. The monoisotopic (exact) mass is 327 g/mol. The highest BCUT2D eigenvalue weighted by Crippen LogP contribution is 2.17. The van der Waals surface area contributed by atoms with Gasteiger partial charge in [0.05, 0.1) is 12.3 Å². The molecule has 0 fully saturated rings. The van der Waals surface area contributed by atoms with Gasteiger partial charge in [-0.25, -0.2) is 9.18 Å². The number of amides is 2. The quantitative estimate of drug-likeness (QED) is 0.935. The molecule has 124 valence electrons. The van der Waals surface area contributed by atoms with E-state index in [-0.39, 0.29) is 12.1 Å². The Bertz CT molecular complexity index is 749. The van der Waals surface area contributed by atoms with E-state index in [2.05, 4.69) is 10.5 Å². The summed E-state index contributed by atoms with van der Waals surface area (Å²) < 4.78 is 13.2. The highest BCUT2D eigenvalue weighted by atomic mass is 19.1. The standard InChI is InChI=1S/C18H18FN3O2/c1-22(18(23)20-15-9-5-8-14(19)10-15)12-16-11-17(21-24-16)13-6-3-2-4-7-13/h2-10,16H,11-12H2,1H3,(H,20,23). The Morgan fingerprint density at radius 2 is 2.08 bits per heavy atom. The minimum absolute atomic E-state index is 0.191. The Labute approximate surface area is 139 Å². The third kappa shape index (κ3) is 3.90. The molecule has 0 spiro atoms. The SMILES string of the molecule is CN(CC1CC(c2ccccc2)=NO1)C(=O)Nc1cccc(F)c1. The number of nitrogens with one attached hydrogen (secondary N) is 1. The number of likely N-dealkylation sites (N-methyl/N-ethyl adjacent to an activating group) is 1. The Morgan fingerprint density at radius 1 is 1.29 bits per heavy atom. The maximum atomic E-state index is 13.2. The van der Waals surface area contributed by atoms with Crippen LogP contribution in [0, 0.1) is 5.82 Å². The number of urea groups is 1. The smallest absolute Gasteiger partial charge is 0.321 e. The maximum Gasteiger partial charge on any atom is 0.321 e. The van der Waals surface area contributed by atoms with Gasteiger partial charge in [-0.2, -0.15) is 0 Å². The molecule has 2 amide bonds. The molecule has 0 saturated heterocycles. The first-order valence-electron chi connectivity index (χ1n) is 7.67. The maximum absolute atomic E-state index is 13.2. The van der Waals surface area contributed by atoms with Gasteiger partial charge in [0.25, 0.3) is 0 Å². The zero-order valence-electron chi connectivity index (χ0n) is 13.3. The van der Waals surface area contributed by atoms with Crippen LogP contribution in [0.4, 0.5) is 14.9 Å². The molecule has 1 heterocycles. The van der Waals surface area contributed by atoms with Crippen molar-refractivity contribution in [1.29, 1.82) is 0 Å². The van der Waals surface area contributed by atoms with Crippen LogP contribution in [0.1, 0.15) is 12.0 Å². The van der Waals surface area contributed by atoms with Gasteiger partial charge in [-0.3, -0.25) is 0 Å². The second-order valence-electron chi connectivity index (χ2n) is 5.66. The summed E-state index contributed by atoms with van der Waals surface area (Å²) in [6, 6.07) is 15.3. The number of hydrogen-bond acceptors (Lipinski definition) is 3. The van der Waals surface area contributed by atoms with Gasteiger partial charge in [-0.1, -0.05) is 41.6 Å². The fourth-order valence-corrected chi connectivity index (χ4v) is 2.50. The lowest BCUT2D eigenvalue weighted by atomic mass is 10.1. The Hall–Kier alpha value is -2.89. The van der Waals surface area contributed by atoms with Crippen LogP contribution in [0.5, 0.6) is 0 Å². The molecule has 2 aromatic rings. The van der Waals surface area contributed by atoms with Crippen LogP contribution in [0.25, 0.3) is 0 Å². The van der Waals surface area contributed by atoms with E-state index < -0.39 is 5.82 Å². The van der Waals surface area contributed by atoms with Gasteiger partial charge in [0.1, 0.15) is 5.82 Å². The van der Waals surface area contributed by atoms with Gasteiger partial charge in [-0.05, 0) is 23.8 Å². The van der Waals surface area contributed by atoms with Gasteiger partial charge >= 0.3 is 6.03 Å². The second kappa shape index (κ2) is 7.12. The number of hydrogen-bond donors (Lipinski definition) is 1. The van der Waals surface area contributed by atoms with Gasteiger partial charge < -0.3 is 15.1 Å². The molecular formula is C18H18FN3O2. The van der Waals surface area contributed by atoms with E-state index in [1.165, 1.54) is 17.0 Å². The molecule has 1 unspecified atom stereocenters. The summed E-state index contributed by atoms with van der Waals surface area (Å²) >= 11 is 0. The van der Waals surface area contributed by atoms with Crippen molar-refractivity contribution in [2.45, 2.75) is 12.5 Å². The van der Waals surface area contributed by atoms with Crippen molar-refractivity contribution in [2.24, 2.45) is 5.16 Å². The normalized spacial score (nSPS) is 16.2. The Balaban J connectivity index is 1.52. The number of rotatable bonds is 4. The van der Waals surface area contributed by atoms with Gasteiger partial charge in [0, 0.05) is 19.2 Å². The van der Waals surface area contributed by atoms with Crippen LogP contribution < -0.4 is 5.32 Å². The van der Waals surface area contributed by atoms with E-state index in [1.807, 2.05) is 30.3 Å². The van der Waals surface area contributed by atoms with Crippen LogP contribution in [-0.2, 0) is 4.84 Å². The molecule has 0 aromatic heterocycles. The van der Waals surface area contributed by atoms with Gasteiger partial charge in [-0.15, -0.1) is 0 Å². The average molecular weight is 327 g/mol. The highest BCUT2D eigenvalue weighted by Gasteiger charge is 2.25. The molecule has 0 bridgehead atoms. The Kier molecular flexibility index (Phi) is 4.74. The predicted octanol–water partition coefficient (Wildman–Crippen LogP) is 3.48. The van der Waals surface area contributed by atoms with Crippen molar-refractivity contribution in [3.63, 3.8) is 0 Å². The lowest BCUT2D eigenvalue weighted by Crippen LogP contribution is -2.37. The fraction of sp³-hybridized carbons (Fsp3) is 0.222. The molecule has 0 radical (unpaired) electrons. The minimum atomic E-state index is -0.393. The molecule has 2 aromatic carbocycles. The summed E-state index contributed by atoms with van der Waals surface area (Å²) in [5, 5.41) is 6.76. The first-order valence-corrected chi connectivity index (χ1v) is 7.67. The van der Waals surface area contributed by atoms with Crippen LogP contribution in [0.3, 0.4) is 0 Å². The molecule has 1 aliphatic rings. The largest absolute Gasteiger partial charge is 0.390 e. The lowest BCUT2D eigenvalue weighted by molar-refractivity contribution is 0.0672. The van der Waals surface area contributed by atoms with Crippen molar-refractivity contribution in [1.82, 2.24) is 4.90 Å². The third-order valence-electron chi connectivity index (χ3n) is 3.74. The summed E-state index contributed by atoms with van der Waals surface area (Å²) in [5.41, 5.74) is 2.31. The van der Waals surface area contributed by atoms with Crippen molar-refractivity contribution < 1.29 is 14.0 Å². The first kappa shape index (κ1) is 16.0. The van der Waals surface area contributed by atoms with Gasteiger partial charge in [0.15, 0.2) is 6.10 Å². The number of oxime groups is 1. The van der Waals surface area contributed by atoms with Crippen molar-refractivity contribution in [3.8, 4) is 0 Å². The van der Waals surface area contributed by atoms with Gasteiger partial charge in [0.2, 0.25) is 0 Å². The fourth-order valence-electron chi connectivity index (χ4n) is 2.50. The molecule has 1 N–H and O–H groups in total. The van der Waals surface area contributed by atoms with E-state index in [9.17, 15) is 9.18 Å².